The second-order valence-corrected chi connectivity index (χ2v) is 6.02. The number of amides is 1. The summed E-state index contributed by atoms with van der Waals surface area (Å²) in [5.41, 5.74) is 2.57. The van der Waals surface area contributed by atoms with Crippen LogP contribution < -0.4 is 9.47 Å². The molecule has 0 fully saturated rings. The lowest BCUT2D eigenvalue weighted by Crippen LogP contribution is -2.41. The van der Waals surface area contributed by atoms with Crippen molar-refractivity contribution in [1.29, 1.82) is 0 Å². The zero-order valence-electron chi connectivity index (χ0n) is 12.6. The van der Waals surface area contributed by atoms with Crippen molar-refractivity contribution < 1.29 is 14.3 Å². The fourth-order valence-electron chi connectivity index (χ4n) is 2.41. The first-order chi connectivity index (χ1) is 10.7. The number of carbonyl (C=O) groups is 1. The van der Waals surface area contributed by atoms with E-state index in [4.69, 9.17) is 9.47 Å². The molecule has 0 spiro atoms. The molecule has 6 heteroatoms. The summed E-state index contributed by atoms with van der Waals surface area (Å²) in [7, 11) is 1.78. The highest BCUT2D eigenvalue weighted by atomic mass is 32.1. The second-order valence-electron chi connectivity index (χ2n) is 5.17. The van der Waals surface area contributed by atoms with Crippen molar-refractivity contribution in [2.45, 2.75) is 19.4 Å². The predicted octanol–water partition coefficient (Wildman–Crippen LogP) is 2.62. The Balaban J connectivity index is 1.65. The number of nitrogens with zero attached hydrogens (tertiary/aromatic N) is 2. The van der Waals surface area contributed by atoms with Crippen LogP contribution in [-0.2, 0) is 6.42 Å². The summed E-state index contributed by atoms with van der Waals surface area (Å²) < 4.78 is 11.6. The van der Waals surface area contributed by atoms with Crippen molar-refractivity contribution in [3.05, 3.63) is 40.3 Å². The molecule has 116 valence electrons. The molecule has 0 aliphatic carbocycles. The van der Waals surface area contributed by atoms with Gasteiger partial charge in [0.1, 0.15) is 11.5 Å². The van der Waals surface area contributed by atoms with Crippen molar-refractivity contribution in [2.75, 3.05) is 20.2 Å². The van der Waals surface area contributed by atoms with Gasteiger partial charge in [0.25, 0.3) is 5.91 Å². The summed E-state index contributed by atoms with van der Waals surface area (Å²) >= 11 is 1.39. The zero-order valence-corrected chi connectivity index (χ0v) is 13.4. The van der Waals surface area contributed by atoms with Crippen LogP contribution in [0.5, 0.6) is 11.5 Å². The Morgan fingerprint density at radius 2 is 2.18 bits per heavy atom. The van der Waals surface area contributed by atoms with Crippen LogP contribution >= 0.6 is 11.3 Å². The molecular weight excluding hydrogens is 300 g/mol. The molecule has 3 rings (SSSR count). The van der Waals surface area contributed by atoms with E-state index >= 15 is 0 Å². The van der Waals surface area contributed by atoms with E-state index in [9.17, 15) is 4.79 Å². The molecule has 2 aromatic rings. The van der Waals surface area contributed by atoms with E-state index in [1.807, 2.05) is 31.2 Å². The Morgan fingerprint density at radius 1 is 1.41 bits per heavy atom. The number of thiazole rings is 1. The number of benzene rings is 1. The number of hydrogen-bond acceptors (Lipinski definition) is 5. The van der Waals surface area contributed by atoms with Crippen LogP contribution in [0.15, 0.2) is 29.8 Å². The quantitative estimate of drug-likeness (QED) is 0.869. The second kappa shape index (κ2) is 6.36. The van der Waals surface area contributed by atoms with Crippen molar-refractivity contribution in [3.63, 3.8) is 0 Å². The largest absolute Gasteiger partial charge is 0.486 e. The Kier molecular flexibility index (Phi) is 4.29. The molecule has 1 aromatic heterocycles. The molecule has 0 saturated carbocycles. The number of carbonyl (C=O) groups excluding carboxylic acids is 1. The van der Waals surface area contributed by atoms with Crippen molar-refractivity contribution in [3.8, 4) is 11.5 Å². The molecule has 0 saturated heterocycles. The molecule has 0 bridgehead atoms. The van der Waals surface area contributed by atoms with E-state index in [1.165, 1.54) is 11.3 Å². The fourth-order valence-corrected chi connectivity index (χ4v) is 3.28. The smallest absolute Gasteiger partial charge is 0.265 e. The van der Waals surface area contributed by atoms with Gasteiger partial charge in [-0.1, -0.05) is 19.1 Å². The van der Waals surface area contributed by atoms with Crippen molar-refractivity contribution >= 4 is 17.2 Å². The summed E-state index contributed by atoms with van der Waals surface area (Å²) in [4.78, 5) is 19.1. The molecule has 1 aromatic carbocycles. The summed E-state index contributed by atoms with van der Waals surface area (Å²) in [6, 6.07) is 7.57. The number of likely N-dealkylation sites (N-methyl/N-ethyl adjacent to an activating group) is 1. The first kappa shape index (κ1) is 14.8. The monoisotopic (exact) mass is 318 g/mol. The number of fused-ring (bicyclic) bond motifs is 1. The van der Waals surface area contributed by atoms with Gasteiger partial charge in [-0.15, -0.1) is 11.3 Å². The van der Waals surface area contributed by atoms with E-state index in [-0.39, 0.29) is 12.0 Å². The Hall–Kier alpha value is -2.08. The highest BCUT2D eigenvalue weighted by molar-refractivity contribution is 7.11. The fraction of sp³-hybridized carbons (Fsp3) is 0.375. The molecule has 0 radical (unpaired) electrons. The standard InChI is InChI=1S/C16H18N2O3S/c1-3-12-15(22-10-17-12)16(19)18(2)8-11-9-20-13-6-4-5-7-14(13)21-11/h4-7,10-11H,3,8-9H2,1-2H3/t11-/m0/s1. The number of hydrogen-bond donors (Lipinski definition) is 0. The van der Waals surface area contributed by atoms with Gasteiger partial charge in [-0.3, -0.25) is 4.79 Å². The summed E-state index contributed by atoms with van der Waals surface area (Å²) in [5.74, 6) is 1.47. The number of ether oxygens (including phenoxy) is 2. The van der Waals surface area contributed by atoms with Gasteiger partial charge < -0.3 is 14.4 Å². The van der Waals surface area contributed by atoms with Crippen LogP contribution in [0.3, 0.4) is 0 Å². The highest BCUT2D eigenvalue weighted by Gasteiger charge is 2.25. The minimum absolute atomic E-state index is 0.0122. The minimum atomic E-state index is -0.165. The molecule has 0 unspecified atom stereocenters. The lowest BCUT2D eigenvalue weighted by molar-refractivity contribution is 0.0523. The Morgan fingerprint density at radius 3 is 2.95 bits per heavy atom. The van der Waals surface area contributed by atoms with E-state index < -0.39 is 0 Å². The summed E-state index contributed by atoms with van der Waals surface area (Å²) in [5, 5.41) is 0. The van der Waals surface area contributed by atoms with Crippen molar-refractivity contribution in [1.82, 2.24) is 9.88 Å². The maximum atomic E-state index is 12.5. The number of aryl methyl sites for hydroxylation is 1. The maximum absolute atomic E-state index is 12.5. The van der Waals surface area contributed by atoms with Gasteiger partial charge in [-0.05, 0) is 18.6 Å². The van der Waals surface area contributed by atoms with Gasteiger partial charge in [-0.2, -0.15) is 0 Å². The third-order valence-electron chi connectivity index (χ3n) is 3.56. The van der Waals surface area contributed by atoms with E-state index in [0.717, 1.165) is 23.6 Å². The van der Waals surface area contributed by atoms with Gasteiger partial charge in [0, 0.05) is 7.05 Å². The van der Waals surface area contributed by atoms with Crippen LogP contribution in [0.4, 0.5) is 0 Å². The van der Waals surface area contributed by atoms with Gasteiger partial charge in [0.05, 0.1) is 17.7 Å². The van der Waals surface area contributed by atoms with Crippen LogP contribution in [-0.4, -0.2) is 42.1 Å². The normalized spacial score (nSPS) is 16.4. The minimum Gasteiger partial charge on any atom is -0.486 e. The van der Waals surface area contributed by atoms with Gasteiger partial charge >= 0.3 is 0 Å². The van der Waals surface area contributed by atoms with Crippen LogP contribution in [0.2, 0.25) is 0 Å². The van der Waals surface area contributed by atoms with Crippen LogP contribution in [0.25, 0.3) is 0 Å². The lowest BCUT2D eigenvalue weighted by Gasteiger charge is -2.29. The topological polar surface area (TPSA) is 51.7 Å². The van der Waals surface area contributed by atoms with E-state index in [1.54, 1.807) is 17.5 Å². The van der Waals surface area contributed by atoms with Gasteiger partial charge in [0.15, 0.2) is 17.6 Å². The Bertz CT molecular complexity index is 671. The molecule has 5 nitrogen and oxygen atoms in total. The van der Waals surface area contributed by atoms with Crippen LogP contribution in [0.1, 0.15) is 22.3 Å². The maximum Gasteiger partial charge on any atom is 0.265 e. The lowest BCUT2D eigenvalue weighted by atomic mass is 10.2. The molecule has 1 atom stereocenters. The molecule has 0 N–H and O–H groups in total. The molecule has 1 amide bonds. The first-order valence-corrected chi connectivity index (χ1v) is 8.13. The number of rotatable bonds is 4. The SMILES string of the molecule is CCc1ncsc1C(=O)N(C)C[C@H]1COc2ccccc2O1. The highest BCUT2D eigenvalue weighted by Crippen LogP contribution is 2.31. The number of aromatic nitrogens is 1. The third kappa shape index (κ3) is 2.92. The summed E-state index contributed by atoms with van der Waals surface area (Å²) in [6.45, 7) is 2.92. The Labute approximate surface area is 133 Å². The van der Waals surface area contributed by atoms with Crippen molar-refractivity contribution in [2.24, 2.45) is 0 Å². The molecular formula is C16H18N2O3S. The van der Waals surface area contributed by atoms with Gasteiger partial charge in [-0.25, -0.2) is 4.98 Å². The molecule has 1 aliphatic rings. The molecule has 1 aliphatic heterocycles. The predicted molar refractivity (Wildman–Crippen MR) is 84.8 cm³/mol. The van der Waals surface area contributed by atoms with E-state index in [2.05, 4.69) is 4.98 Å². The third-order valence-corrected chi connectivity index (χ3v) is 4.42. The molecule has 2 heterocycles. The molecule has 22 heavy (non-hydrogen) atoms. The average Bonchev–Trinajstić information content (AvgIpc) is 3.02. The first-order valence-electron chi connectivity index (χ1n) is 7.25. The van der Waals surface area contributed by atoms with Gasteiger partial charge in [0.2, 0.25) is 0 Å². The average molecular weight is 318 g/mol. The van der Waals surface area contributed by atoms with Crippen LogP contribution in [0, 0.1) is 0 Å². The zero-order chi connectivity index (χ0) is 15.5. The summed E-state index contributed by atoms with van der Waals surface area (Å²) in [6.07, 6.45) is 0.594. The number of para-hydroxylation sites is 2. The van der Waals surface area contributed by atoms with E-state index in [0.29, 0.717) is 18.0 Å².